The summed E-state index contributed by atoms with van der Waals surface area (Å²) < 4.78 is 0. The maximum absolute atomic E-state index is 12.3. The Bertz CT molecular complexity index is 1230. The summed E-state index contributed by atoms with van der Waals surface area (Å²) in [6, 6.07) is 9.72. The van der Waals surface area contributed by atoms with E-state index in [-0.39, 0.29) is 36.6 Å². The van der Waals surface area contributed by atoms with Crippen molar-refractivity contribution in [3.63, 3.8) is 0 Å². The third kappa shape index (κ3) is 6.29. The second-order valence-electron chi connectivity index (χ2n) is 8.98. The van der Waals surface area contributed by atoms with Gasteiger partial charge in [0.05, 0.1) is 12.5 Å². The molecule has 6 heteroatoms. The number of benzene rings is 1. The molecular formula is C29H27ClN2O3. The van der Waals surface area contributed by atoms with Crippen LogP contribution in [-0.2, 0) is 11.2 Å². The fourth-order valence-corrected chi connectivity index (χ4v) is 4.83. The van der Waals surface area contributed by atoms with E-state index >= 15 is 0 Å². The number of fused-ring (bicyclic) bond motifs is 1. The quantitative estimate of drug-likeness (QED) is 0.497. The van der Waals surface area contributed by atoms with Crippen LogP contribution < -0.4 is 5.32 Å². The van der Waals surface area contributed by atoms with Crippen molar-refractivity contribution in [1.82, 2.24) is 5.32 Å². The first-order chi connectivity index (χ1) is 16.9. The number of nitrogens with one attached hydrogen (secondary N) is 1. The summed E-state index contributed by atoms with van der Waals surface area (Å²) in [5, 5.41) is 21.5. The first-order valence-corrected chi connectivity index (χ1v) is 12.1. The zero-order chi connectivity index (χ0) is 24.8. The van der Waals surface area contributed by atoms with E-state index in [0.717, 1.165) is 29.9 Å². The van der Waals surface area contributed by atoms with Crippen molar-refractivity contribution < 1.29 is 14.7 Å². The molecule has 178 valence electrons. The van der Waals surface area contributed by atoms with Gasteiger partial charge in [0.25, 0.3) is 5.91 Å². The molecule has 3 atom stereocenters. The number of hydrogen-bond acceptors (Lipinski definition) is 3. The van der Waals surface area contributed by atoms with Crippen LogP contribution in [0.2, 0.25) is 0 Å². The molecule has 0 saturated carbocycles. The number of carbonyl (C=O) groups is 2. The fraction of sp³-hybridized carbons (Fsp3) is 0.276. The average molecular weight is 487 g/mol. The van der Waals surface area contributed by atoms with Crippen LogP contribution >= 0.6 is 11.6 Å². The number of nitrogens with zero attached hydrogens (tertiary/aromatic N) is 1. The number of carboxylic acid groups (broad SMARTS) is 1. The third-order valence-corrected chi connectivity index (χ3v) is 6.92. The molecule has 3 aliphatic carbocycles. The van der Waals surface area contributed by atoms with Gasteiger partial charge in [-0.2, -0.15) is 5.26 Å². The van der Waals surface area contributed by atoms with E-state index in [1.165, 1.54) is 11.1 Å². The van der Waals surface area contributed by atoms with Crippen LogP contribution in [0.3, 0.4) is 0 Å². The van der Waals surface area contributed by atoms with Gasteiger partial charge >= 0.3 is 5.97 Å². The van der Waals surface area contributed by atoms with Crippen LogP contribution in [0.1, 0.15) is 35.2 Å². The zero-order valence-corrected chi connectivity index (χ0v) is 20.0. The number of amides is 1. The van der Waals surface area contributed by atoms with Crippen molar-refractivity contribution in [3.8, 4) is 6.07 Å². The smallest absolute Gasteiger partial charge is 0.305 e. The van der Waals surface area contributed by atoms with Gasteiger partial charge in [-0.15, -0.1) is 0 Å². The van der Waals surface area contributed by atoms with Gasteiger partial charge in [-0.1, -0.05) is 65.8 Å². The summed E-state index contributed by atoms with van der Waals surface area (Å²) in [4.78, 5) is 22.9. The summed E-state index contributed by atoms with van der Waals surface area (Å²) in [5.41, 5.74) is 4.89. The Morgan fingerprint density at radius 2 is 1.83 bits per heavy atom. The normalized spacial score (nSPS) is 21.5. The summed E-state index contributed by atoms with van der Waals surface area (Å²) in [5.74, 6) is -0.606. The number of carbonyl (C=O) groups excluding carboxylic acids is 1. The average Bonchev–Trinajstić information content (AvgIpc) is 2.87. The van der Waals surface area contributed by atoms with Crippen LogP contribution in [0.4, 0.5) is 0 Å². The van der Waals surface area contributed by atoms with E-state index in [2.05, 4.69) is 41.8 Å². The predicted molar refractivity (Wildman–Crippen MR) is 137 cm³/mol. The number of nitriles is 1. The van der Waals surface area contributed by atoms with Gasteiger partial charge in [0.15, 0.2) is 0 Å². The first-order valence-electron chi connectivity index (χ1n) is 11.8. The van der Waals surface area contributed by atoms with E-state index in [1.54, 1.807) is 12.1 Å². The SMILES string of the molecule is N#CC1=CC2C=CC(C(Cc3ccc(C(=O)NCCC(=O)O)cc3)C3=CC=C(Cl)CC3)=CC2C=C1. The molecule has 35 heavy (non-hydrogen) atoms. The second-order valence-corrected chi connectivity index (χ2v) is 9.47. The molecule has 0 radical (unpaired) electrons. The number of carboxylic acids is 1. The topological polar surface area (TPSA) is 90.2 Å². The number of rotatable bonds is 8. The van der Waals surface area contributed by atoms with Gasteiger partial charge in [0.2, 0.25) is 0 Å². The molecule has 0 aromatic heterocycles. The van der Waals surface area contributed by atoms with Gasteiger partial charge in [-0.05, 0) is 54.7 Å². The molecule has 0 saturated heterocycles. The molecular weight excluding hydrogens is 460 g/mol. The van der Waals surface area contributed by atoms with Crippen molar-refractivity contribution in [2.45, 2.75) is 25.7 Å². The summed E-state index contributed by atoms with van der Waals surface area (Å²) >= 11 is 6.23. The molecule has 1 amide bonds. The van der Waals surface area contributed by atoms with Crippen LogP contribution in [0.5, 0.6) is 0 Å². The van der Waals surface area contributed by atoms with Crippen molar-refractivity contribution in [2.75, 3.05) is 6.54 Å². The second kappa shape index (κ2) is 11.2. The first kappa shape index (κ1) is 24.5. The highest BCUT2D eigenvalue weighted by Gasteiger charge is 2.26. The van der Waals surface area contributed by atoms with E-state index in [4.69, 9.17) is 16.7 Å². The number of halogens is 1. The minimum absolute atomic E-state index is 0.102. The molecule has 5 nitrogen and oxygen atoms in total. The Kier molecular flexibility index (Phi) is 7.84. The molecule has 0 fully saturated rings. The van der Waals surface area contributed by atoms with Crippen LogP contribution in [0.15, 0.2) is 94.6 Å². The molecule has 2 N–H and O–H groups in total. The van der Waals surface area contributed by atoms with E-state index in [0.29, 0.717) is 11.1 Å². The maximum atomic E-state index is 12.3. The molecule has 0 aliphatic heterocycles. The Morgan fingerprint density at radius 3 is 2.51 bits per heavy atom. The Hall–Kier alpha value is -3.62. The summed E-state index contributed by atoms with van der Waals surface area (Å²) in [7, 11) is 0. The lowest BCUT2D eigenvalue weighted by Crippen LogP contribution is -2.26. The van der Waals surface area contributed by atoms with Crippen molar-refractivity contribution in [1.29, 1.82) is 5.26 Å². The molecule has 0 heterocycles. The molecule has 0 spiro atoms. The molecule has 4 rings (SSSR count). The Labute approximate surface area is 210 Å². The molecule has 1 aromatic rings. The minimum atomic E-state index is -0.942. The lowest BCUT2D eigenvalue weighted by molar-refractivity contribution is -0.136. The fourth-order valence-electron chi connectivity index (χ4n) is 4.67. The van der Waals surface area contributed by atoms with E-state index < -0.39 is 5.97 Å². The number of aliphatic carboxylic acids is 1. The van der Waals surface area contributed by atoms with Crippen molar-refractivity contribution >= 4 is 23.5 Å². The van der Waals surface area contributed by atoms with Crippen molar-refractivity contribution in [3.05, 3.63) is 106 Å². The van der Waals surface area contributed by atoms with Gasteiger partial charge in [0.1, 0.15) is 0 Å². The monoisotopic (exact) mass is 486 g/mol. The predicted octanol–water partition coefficient (Wildman–Crippen LogP) is 5.64. The standard InChI is InChI=1S/C29H27ClN2O3/c30-26-11-9-21(10-12-26)27(25-8-7-23-15-20(18-31)3-6-24(23)17-25)16-19-1-4-22(5-2-19)29(35)32-14-13-28(33)34/h1-9,11,15,17,23-24,27H,10,12-14,16H2,(H,32,35)(H,33,34). The highest BCUT2D eigenvalue weighted by molar-refractivity contribution is 6.29. The largest absolute Gasteiger partial charge is 0.481 e. The van der Waals surface area contributed by atoms with E-state index in [1.807, 2.05) is 30.4 Å². The minimum Gasteiger partial charge on any atom is -0.481 e. The van der Waals surface area contributed by atoms with Gasteiger partial charge in [-0.3, -0.25) is 9.59 Å². The number of allylic oxidation sites excluding steroid dienone is 12. The molecule has 3 unspecified atom stereocenters. The van der Waals surface area contributed by atoms with Gasteiger partial charge < -0.3 is 10.4 Å². The van der Waals surface area contributed by atoms with E-state index in [9.17, 15) is 14.9 Å². The maximum Gasteiger partial charge on any atom is 0.305 e. The summed E-state index contributed by atoms with van der Waals surface area (Å²) in [6.07, 6.45) is 19.2. The third-order valence-electron chi connectivity index (χ3n) is 6.60. The van der Waals surface area contributed by atoms with Crippen molar-refractivity contribution in [2.24, 2.45) is 17.8 Å². The lowest BCUT2D eigenvalue weighted by Gasteiger charge is -2.30. The summed E-state index contributed by atoms with van der Waals surface area (Å²) in [6.45, 7) is 0.102. The molecule has 1 aromatic carbocycles. The highest BCUT2D eigenvalue weighted by Crippen LogP contribution is 2.38. The molecule has 3 aliphatic rings. The van der Waals surface area contributed by atoms with Crippen LogP contribution in [-0.4, -0.2) is 23.5 Å². The lowest BCUT2D eigenvalue weighted by atomic mass is 9.75. The van der Waals surface area contributed by atoms with Crippen LogP contribution in [0, 0.1) is 29.1 Å². The zero-order valence-electron chi connectivity index (χ0n) is 19.3. The number of hydrogen-bond donors (Lipinski definition) is 2. The van der Waals surface area contributed by atoms with Crippen LogP contribution in [0.25, 0.3) is 0 Å². The van der Waals surface area contributed by atoms with Gasteiger partial charge in [0, 0.05) is 40.5 Å². The Morgan fingerprint density at radius 1 is 1.09 bits per heavy atom. The Balaban J connectivity index is 1.52. The molecule has 0 bridgehead atoms. The highest BCUT2D eigenvalue weighted by atomic mass is 35.5. The van der Waals surface area contributed by atoms with Gasteiger partial charge in [-0.25, -0.2) is 0 Å².